The third-order valence-electron chi connectivity index (χ3n) is 6.69. The van der Waals surface area contributed by atoms with Crippen LogP contribution in [0.15, 0.2) is 41.2 Å². The van der Waals surface area contributed by atoms with Crippen LogP contribution in [-0.2, 0) is 11.2 Å². The zero-order chi connectivity index (χ0) is 26.6. The van der Waals surface area contributed by atoms with Crippen LogP contribution < -0.4 is 5.69 Å². The quantitative estimate of drug-likeness (QED) is 0.291. The number of aryl methyl sites for hydroxylation is 1. The van der Waals surface area contributed by atoms with E-state index in [-0.39, 0.29) is 43.3 Å². The molecule has 1 aromatic heterocycles. The Morgan fingerprint density at radius 3 is 2.31 bits per heavy atom. The van der Waals surface area contributed by atoms with Gasteiger partial charge in [0, 0.05) is 22.6 Å². The number of carbonyl (C=O) groups is 1. The van der Waals surface area contributed by atoms with Gasteiger partial charge in [-0.25, -0.2) is 18.6 Å². The number of rotatable bonds is 10. The van der Waals surface area contributed by atoms with Crippen molar-refractivity contribution in [2.45, 2.75) is 65.7 Å². The summed E-state index contributed by atoms with van der Waals surface area (Å²) in [6.07, 6.45) is -2.31. The molecule has 0 bridgehead atoms. The van der Waals surface area contributed by atoms with Crippen molar-refractivity contribution in [3.8, 4) is 22.8 Å². The van der Waals surface area contributed by atoms with Crippen LogP contribution in [0.1, 0.15) is 64.0 Å². The minimum absolute atomic E-state index is 0.0264. The fourth-order valence-corrected chi connectivity index (χ4v) is 4.80. The van der Waals surface area contributed by atoms with E-state index in [4.69, 9.17) is 23.2 Å². The van der Waals surface area contributed by atoms with E-state index < -0.39 is 23.3 Å². The molecule has 36 heavy (non-hydrogen) atoms. The molecule has 0 atom stereocenters. The van der Waals surface area contributed by atoms with E-state index in [0.29, 0.717) is 26.7 Å². The minimum atomic E-state index is -2.71. The molecular formula is C27H29Cl2F2N3O2. The number of alkyl halides is 2. The number of benzene rings is 2. The van der Waals surface area contributed by atoms with Crippen molar-refractivity contribution in [3.05, 3.63) is 68.1 Å². The van der Waals surface area contributed by atoms with Crippen LogP contribution in [0.5, 0.6) is 0 Å². The molecule has 1 heterocycles. The maximum Gasteiger partial charge on any atom is 0.348 e. The average Bonchev–Trinajstić information content (AvgIpc) is 2.84. The molecule has 0 unspecified atom stereocenters. The number of carbonyl (C=O) groups excluding carboxylic acids is 1. The maximum absolute atomic E-state index is 13.7. The van der Waals surface area contributed by atoms with Gasteiger partial charge in [-0.05, 0) is 66.6 Å². The van der Waals surface area contributed by atoms with Gasteiger partial charge in [0.25, 0.3) is 6.43 Å². The average molecular weight is 536 g/mol. The number of aromatic amines is 1. The highest BCUT2D eigenvalue weighted by molar-refractivity contribution is 6.33. The first-order chi connectivity index (χ1) is 17.0. The SMILES string of the molecule is CCC(CC)(C(=O)CCc1ccc(Cl)c(-c2nc(-c3ccc(Cl)c(C(C)C)c3)nc(=O)[nH]2)c1)C(F)F. The van der Waals surface area contributed by atoms with Crippen LogP contribution in [0.4, 0.5) is 8.78 Å². The van der Waals surface area contributed by atoms with Crippen LogP contribution in [0.2, 0.25) is 10.0 Å². The molecule has 0 saturated heterocycles. The van der Waals surface area contributed by atoms with Gasteiger partial charge in [0.05, 0.1) is 10.4 Å². The number of nitrogens with zero attached hydrogens (tertiary/aromatic N) is 2. The second-order valence-corrected chi connectivity index (χ2v) is 9.93. The first-order valence-electron chi connectivity index (χ1n) is 11.9. The Hall–Kier alpha value is -2.64. The van der Waals surface area contributed by atoms with Crippen molar-refractivity contribution < 1.29 is 13.6 Å². The Morgan fingerprint density at radius 1 is 1.03 bits per heavy atom. The van der Waals surface area contributed by atoms with Crippen LogP contribution in [-0.4, -0.2) is 27.2 Å². The van der Waals surface area contributed by atoms with E-state index in [9.17, 15) is 18.4 Å². The van der Waals surface area contributed by atoms with Gasteiger partial charge in [-0.15, -0.1) is 0 Å². The molecule has 2 aromatic carbocycles. The first kappa shape index (κ1) is 27.9. The van der Waals surface area contributed by atoms with Crippen molar-refractivity contribution in [1.29, 1.82) is 0 Å². The highest BCUT2D eigenvalue weighted by Crippen LogP contribution is 2.37. The Kier molecular flexibility index (Phi) is 9.01. The number of Topliss-reactive ketones (excluding diaryl/α,β-unsaturated/α-hetero) is 1. The predicted octanol–water partition coefficient (Wildman–Crippen LogP) is 7.50. The summed E-state index contributed by atoms with van der Waals surface area (Å²) in [7, 11) is 0. The van der Waals surface area contributed by atoms with Crippen molar-refractivity contribution in [2.24, 2.45) is 5.41 Å². The van der Waals surface area contributed by atoms with E-state index in [1.54, 1.807) is 44.2 Å². The molecule has 0 fully saturated rings. The van der Waals surface area contributed by atoms with E-state index in [1.807, 2.05) is 19.9 Å². The van der Waals surface area contributed by atoms with Crippen molar-refractivity contribution in [1.82, 2.24) is 15.0 Å². The number of nitrogens with one attached hydrogen (secondary N) is 1. The van der Waals surface area contributed by atoms with Gasteiger partial charge in [0.1, 0.15) is 11.6 Å². The Balaban J connectivity index is 1.94. The topological polar surface area (TPSA) is 75.7 Å². The fourth-order valence-electron chi connectivity index (χ4n) is 4.26. The highest BCUT2D eigenvalue weighted by atomic mass is 35.5. The van der Waals surface area contributed by atoms with E-state index >= 15 is 0 Å². The number of ketones is 1. The summed E-state index contributed by atoms with van der Waals surface area (Å²) in [6.45, 7) is 7.25. The molecule has 0 aliphatic rings. The van der Waals surface area contributed by atoms with Gasteiger partial charge in [0.2, 0.25) is 0 Å². The van der Waals surface area contributed by atoms with Gasteiger partial charge >= 0.3 is 5.69 Å². The molecule has 0 radical (unpaired) electrons. The number of halogens is 4. The number of hydrogen-bond acceptors (Lipinski definition) is 4. The van der Waals surface area contributed by atoms with Gasteiger partial charge in [-0.3, -0.25) is 9.78 Å². The largest absolute Gasteiger partial charge is 0.348 e. The molecule has 9 heteroatoms. The highest BCUT2D eigenvalue weighted by Gasteiger charge is 2.42. The molecule has 3 rings (SSSR count). The Bertz CT molecular complexity index is 1300. The summed E-state index contributed by atoms with van der Waals surface area (Å²) in [5.74, 6) is 0.141. The minimum Gasteiger partial charge on any atom is -0.299 e. The second-order valence-electron chi connectivity index (χ2n) is 9.12. The third-order valence-corrected chi connectivity index (χ3v) is 7.36. The van der Waals surface area contributed by atoms with Gasteiger partial charge < -0.3 is 0 Å². The summed E-state index contributed by atoms with van der Waals surface area (Å²) in [5.41, 5.74) is 0.480. The summed E-state index contributed by atoms with van der Waals surface area (Å²) in [6, 6.07) is 10.4. The monoisotopic (exact) mass is 535 g/mol. The Morgan fingerprint density at radius 2 is 1.69 bits per heavy atom. The molecule has 0 spiro atoms. The van der Waals surface area contributed by atoms with Crippen molar-refractivity contribution in [3.63, 3.8) is 0 Å². The van der Waals surface area contributed by atoms with Crippen molar-refractivity contribution in [2.75, 3.05) is 0 Å². The van der Waals surface area contributed by atoms with Crippen LogP contribution >= 0.6 is 23.2 Å². The number of H-pyrrole nitrogens is 1. The molecule has 3 aromatic rings. The molecule has 192 valence electrons. The summed E-state index contributed by atoms with van der Waals surface area (Å²) in [5, 5.41) is 0.958. The van der Waals surface area contributed by atoms with Gasteiger partial charge in [0.15, 0.2) is 5.82 Å². The molecule has 0 saturated carbocycles. The summed E-state index contributed by atoms with van der Waals surface area (Å²) < 4.78 is 27.4. The van der Waals surface area contributed by atoms with E-state index in [2.05, 4.69) is 15.0 Å². The number of aromatic nitrogens is 3. The second kappa shape index (κ2) is 11.6. The van der Waals surface area contributed by atoms with Gasteiger partial charge in [-0.2, -0.15) is 4.98 Å². The lowest BCUT2D eigenvalue weighted by atomic mass is 9.76. The summed E-state index contributed by atoms with van der Waals surface area (Å²) >= 11 is 12.7. The van der Waals surface area contributed by atoms with E-state index in [1.165, 1.54) is 0 Å². The summed E-state index contributed by atoms with van der Waals surface area (Å²) in [4.78, 5) is 36.3. The first-order valence-corrected chi connectivity index (χ1v) is 12.7. The Labute approximate surface area is 219 Å². The lowest BCUT2D eigenvalue weighted by molar-refractivity contribution is -0.139. The lowest BCUT2D eigenvalue weighted by Crippen LogP contribution is -2.37. The zero-order valence-electron chi connectivity index (χ0n) is 20.7. The van der Waals surface area contributed by atoms with Crippen LogP contribution in [0, 0.1) is 5.41 Å². The zero-order valence-corrected chi connectivity index (χ0v) is 22.2. The number of hydrogen-bond donors (Lipinski definition) is 1. The van der Waals surface area contributed by atoms with Crippen molar-refractivity contribution >= 4 is 29.0 Å². The fraction of sp³-hybridized carbons (Fsp3) is 0.407. The molecule has 0 aliphatic heterocycles. The van der Waals surface area contributed by atoms with Crippen LogP contribution in [0.25, 0.3) is 22.8 Å². The molecule has 5 nitrogen and oxygen atoms in total. The third kappa shape index (κ3) is 5.84. The smallest absolute Gasteiger partial charge is 0.299 e. The standard InChI is InChI=1S/C27H29Cl2F2N3O2/c1-5-27(6-2,25(30)31)22(35)12-8-16-7-10-21(29)19(13-16)24-32-23(33-26(36)34-24)17-9-11-20(28)18(14-17)15(3)4/h7,9-11,13-15,25H,5-6,8,12H2,1-4H3,(H,32,33,34,36). The molecule has 1 N–H and O–H groups in total. The molecule has 0 aliphatic carbocycles. The van der Waals surface area contributed by atoms with Crippen LogP contribution in [0.3, 0.4) is 0 Å². The lowest BCUT2D eigenvalue weighted by Gasteiger charge is -2.29. The molecular weight excluding hydrogens is 507 g/mol. The van der Waals surface area contributed by atoms with E-state index in [0.717, 1.165) is 5.56 Å². The normalized spacial score (nSPS) is 11.9. The predicted molar refractivity (Wildman–Crippen MR) is 140 cm³/mol. The molecule has 0 amide bonds. The maximum atomic E-state index is 13.7. The van der Waals surface area contributed by atoms with Gasteiger partial charge in [-0.1, -0.05) is 57.0 Å².